The number of aromatic nitrogens is 2. The van der Waals surface area contributed by atoms with Crippen LogP contribution in [0.15, 0.2) is 6.07 Å². The molecule has 0 saturated heterocycles. The second-order valence-corrected chi connectivity index (χ2v) is 5.49. The van der Waals surface area contributed by atoms with Crippen LogP contribution < -0.4 is 16.4 Å². The molecule has 0 unspecified atom stereocenters. The normalized spacial score (nSPS) is 11.2. The van der Waals surface area contributed by atoms with Crippen molar-refractivity contribution >= 4 is 17.5 Å². The fourth-order valence-electron chi connectivity index (χ4n) is 1.99. The Morgan fingerprint density at radius 1 is 1.30 bits per heavy atom. The lowest BCUT2D eigenvalue weighted by atomic mass is 10.0. The zero-order chi connectivity index (χ0) is 15.2. The van der Waals surface area contributed by atoms with Gasteiger partial charge in [0.1, 0.15) is 17.5 Å². The summed E-state index contributed by atoms with van der Waals surface area (Å²) in [6.45, 7) is 8.75. The van der Waals surface area contributed by atoms with Gasteiger partial charge in [0.2, 0.25) is 5.91 Å². The molecule has 6 heteroatoms. The number of anilines is 2. The van der Waals surface area contributed by atoms with Crippen LogP contribution in [0.1, 0.15) is 46.4 Å². The molecular formula is C14H25N5O. The van der Waals surface area contributed by atoms with Crippen molar-refractivity contribution in [3.05, 3.63) is 11.9 Å². The van der Waals surface area contributed by atoms with Crippen LogP contribution in [0.5, 0.6) is 0 Å². The van der Waals surface area contributed by atoms with E-state index in [9.17, 15) is 4.79 Å². The summed E-state index contributed by atoms with van der Waals surface area (Å²) in [7, 11) is 0. The number of carbonyl (C=O) groups is 1. The zero-order valence-electron chi connectivity index (χ0n) is 12.8. The number of amides is 1. The van der Waals surface area contributed by atoms with Crippen LogP contribution >= 0.6 is 0 Å². The predicted octanol–water partition coefficient (Wildman–Crippen LogP) is 1.93. The second-order valence-electron chi connectivity index (χ2n) is 5.49. The van der Waals surface area contributed by atoms with E-state index in [0.717, 1.165) is 31.0 Å². The molecule has 0 aromatic carbocycles. The average Bonchev–Trinajstić information content (AvgIpc) is 2.26. The second kappa shape index (κ2) is 7.07. The number of nitrogens with zero attached hydrogens (tertiary/aromatic N) is 2. The molecule has 1 aromatic heterocycles. The van der Waals surface area contributed by atoms with Crippen LogP contribution in [0, 0.1) is 0 Å². The highest BCUT2D eigenvalue weighted by Crippen LogP contribution is 2.19. The fraction of sp³-hybridized carbons (Fsp3) is 0.643. The van der Waals surface area contributed by atoms with Crippen LogP contribution in [0.4, 0.5) is 11.6 Å². The van der Waals surface area contributed by atoms with E-state index in [4.69, 9.17) is 5.73 Å². The molecule has 112 valence electrons. The van der Waals surface area contributed by atoms with Gasteiger partial charge in [-0.2, -0.15) is 0 Å². The molecule has 0 bridgehead atoms. The van der Waals surface area contributed by atoms with Gasteiger partial charge in [-0.15, -0.1) is 0 Å². The van der Waals surface area contributed by atoms with Crippen LogP contribution in [0.25, 0.3) is 0 Å². The molecule has 4 N–H and O–H groups in total. The lowest BCUT2D eigenvalue weighted by Crippen LogP contribution is -2.36. The molecule has 0 fully saturated rings. The lowest BCUT2D eigenvalue weighted by molar-refractivity contribution is -0.118. The van der Waals surface area contributed by atoms with Gasteiger partial charge >= 0.3 is 0 Å². The largest absolute Gasteiger partial charge is 0.370 e. The molecule has 1 rings (SSSR count). The van der Waals surface area contributed by atoms with Crippen molar-refractivity contribution in [2.45, 2.75) is 52.5 Å². The minimum Gasteiger partial charge on any atom is -0.370 e. The molecule has 0 spiro atoms. The van der Waals surface area contributed by atoms with Crippen LogP contribution in [0.3, 0.4) is 0 Å². The summed E-state index contributed by atoms with van der Waals surface area (Å²) in [6, 6.07) is 1.85. The first-order valence-electron chi connectivity index (χ1n) is 7.04. The molecule has 20 heavy (non-hydrogen) atoms. The smallest absolute Gasteiger partial charge is 0.219 e. The van der Waals surface area contributed by atoms with Crippen molar-refractivity contribution in [1.82, 2.24) is 9.97 Å². The lowest BCUT2D eigenvalue weighted by Gasteiger charge is -2.25. The first-order valence-corrected chi connectivity index (χ1v) is 7.04. The predicted molar refractivity (Wildman–Crippen MR) is 81.7 cm³/mol. The van der Waals surface area contributed by atoms with Gasteiger partial charge < -0.3 is 16.4 Å². The maximum atomic E-state index is 11.1. The van der Waals surface area contributed by atoms with E-state index in [-0.39, 0.29) is 12.3 Å². The van der Waals surface area contributed by atoms with Gasteiger partial charge in [-0.25, -0.2) is 9.97 Å². The van der Waals surface area contributed by atoms with Gasteiger partial charge in [-0.05, 0) is 27.2 Å². The standard InChI is InChI=1S/C14H25N5O/c1-5-7-11-17-12(16-6-2)8-13(18-11)19-14(3,4)9-10(15)20/h8H,5-7,9H2,1-4H3,(H2,15,20)(H2,16,17,18,19). The summed E-state index contributed by atoms with van der Waals surface area (Å²) >= 11 is 0. The van der Waals surface area contributed by atoms with E-state index in [2.05, 4.69) is 27.5 Å². The van der Waals surface area contributed by atoms with Crippen LogP contribution in [-0.4, -0.2) is 28.0 Å². The number of hydrogen-bond acceptors (Lipinski definition) is 5. The van der Waals surface area contributed by atoms with Gasteiger partial charge in [0.15, 0.2) is 0 Å². The van der Waals surface area contributed by atoms with E-state index in [1.54, 1.807) is 0 Å². The molecule has 0 saturated carbocycles. The Kier molecular flexibility index (Phi) is 5.73. The van der Waals surface area contributed by atoms with Crippen molar-refractivity contribution in [3.63, 3.8) is 0 Å². The Morgan fingerprint density at radius 3 is 2.50 bits per heavy atom. The number of aryl methyl sites for hydroxylation is 1. The van der Waals surface area contributed by atoms with Crippen molar-refractivity contribution < 1.29 is 4.79 Å². The summed E-state index contributed by atoms with van der Waals surface area (Å²) in [6.07, 6.45) is 2.06. The Morgan fingerprint density at radius 2 is 1.95 bits per heavy atom. The quantitative estimate of drug-likeness (QED) is 0.676. The Labute approximate surface area is 120 Å². The minimum absolute atomic E-state index is 0.247. The molecule has 0 radical (unpaired) electrons. The molecule has 1 aromatic rings. The zero-order valence-corrected chi connectivity index (χ0v) is 12.8. The molecule has 0 aliphatic heterocycles. The molecule has 6 nitrogen and oxygen atoms in total. The molecule has 1 heterocycles. The van der Waals surface area contributed by atoms with Crippen molar-refractivity contribution in [1.29, 1.82) is 0 Å². The van der Waals surface area contributed by atoms with E-state index < -0.39 is 5.54 Å². The number of nitrogens with one attached hydrogen (secondary N) is 2. The Balaban J connectivity index is 2.94. The van der Waals surface area contributed by atoms with Crippen LogP contribution in [0.2, 0.25) is 0 Å². The molecule has 0 atom stereocenters. The molecule has 1 amide bonds. The van der Waals surface area contributed by atoms with Crippen molar-refractivity contribution in [2.75, 3.05) is 17.2 Å². The first-order chi connectivity index (χ1) is 9.36. The Hall–Kier alpha value is -1.85. The molecule has 0 aliphatic rings. The first kappa shape index (κ1) is 16.2. The highest BCUT2D eigenvalue weighted by atomic mass is 16.1. The summed E-state index contributed by atoms with van der Waals surface area (Å²) < 4.78 is 0. The monoisotopic (exact) mass is 279 g/mol. The summed E-state index contributed by atoms with van der Waals surface area (Å²) in [5, 5.41) is 6.45. The number of nitrogens with two attached hydrogens (primary N) is 1. The van der Waals surface area contributed by atoms with E-state index in [1.165, 1.54) is 0 Å². The number of carbonyl (C=O) groups excluding carboxylic acids is 1. The van der Waals surface area contributed by atoms with E-state index in [1.807, 2.05) is 26.8 Å². The SMILES string of the molecule is CCCc1nc(NCC)cc(NC(C)(C)CC(N)=O)n1. The average molecular weight is 279 g/mol. The summed E-state index contributed by atoms with van der Waals surface area (Å²) in [4.78, 5) is 20.0. The third-order valence-corrected chi connectivity index (χ3v) is 2.69. The minimum atomic E-state index is -0.437. The summed E-state index contributed by atoms with van der Waals surface area (Å²) in [5.74, 6) is 1.97. The third kappa shape index (κ3) is 5.42. The maximum absolute atomic E-state index is 11.1. The fourth-order valence-corrected chi connectivity index (χ4v) is 1.99. The van der Waals surface area contributed by atoms with Crippen molar-refractivity contribution in [2.24, 2.45) is 5.73 Å². The number of primary amides is 1. The Bertz CT molecular complexity index is 435. The van der Waals surface area contributed by atoms with Crippen LogP contribution in [-0.2, 0) is 11.2 Å². The van der Waals surface area contributed by atoms with Gasteiger partial charge in [0.05, 0.1) is 0 Å². The molecule has 0 aliphatic carbocycles. The molecular weight excluding hydrogens is 254 g/mol. The highest BCUT2D eigenvalue weighted by Gasteiger charge is 2.21. The van der Waals surface area contributed by atoms with Gasteiger partial charge in [0.25, 0.3) is 0 Å². The third-order valence-electron chi connectivity index (χ3n) is 2.69. The number of hydrogen-bond donors (Lipinski definition) is 3. The van der Waals surface area contributed by atoms with E-state index in [0.29, 0.717) is 5.82 Å². The van der Waals surface area contributed by atoms with Crippen molar-refractivity contribution in [3.8, 4) is 0 Å². The highest BCUT2D eigenvalue weighted by molar-refractivity contribution is 5.75. The summed E-state index contributed by atoms with van der Waals surface area (Å²) in [5.41, 5.74) is 4.83. The topological polar surface area (TPSA) is 92.9 Å². The van der Waals surface area contributed by atoms with E-state index >= 15 is 0 Å². The maximum Gasteiger partial charge on any atom is 0.219 e. The van der Waals surface area contributed by atoms with Gasteiger partial charge in [-0.3, -0.25) is 4.79 Å². The number of rotatable bonds is 8. The van der Waals surface area contributed by atoms with Gasteiger partial charge in [-0.1, -0.05) is 6.92 Å². The van der Waals surface area contributed by atoms with Gasteiger partial charge in [0, 0.05) is 31.0 Å².